The largest absolute Gasteiger partial charge is 0.419 e. The van der Waals surface area contributed by atoms with Crippen molar-refractivity contribution in [3.05, 3.63) is 46.5 Å². The van der Waals surface area contributed by atoms with Gasteiger partial charge >= 0.3 is 5.76 Å². The lowest BCUT2D eigenvalue weighted by Gasteiger charge is -2.21. The standard InChI is InChI=1S/C18H20N4O3/c23-18-22(13-4-1-2-6-15(13)24-18)11-10-21-9-3-5-14(21)16-19-17(25-20-16)12-7-8-12/h1-2,4,6,12,14H,3,5,7-11H2/t14-/m1/s1. The lowest BCUT2D eigenvalue weighted by atomic mass is 10.2. The second-order valence-electron chi connectivity index (χ2n) is 6.95. The fourth-order valence-electron chi connectivity index (χ4n) is 3.72. The lowest BCUT2D eigenvalue weighted by Crippen LogP contribution is -2.30. The maximum absolute atomic E-state index is 12.1. The number of fused-ring (bicyclic) bond motifs is 1. The zero-order chi connectivity index (χ0) is 16.8. The SMILES string of the molecule is O=c1oc2ccccc2n1CCN1CCC[C@@H]1c1noc(C2CC2)n1. The predicted octanol–water partition coefficient (Wildman–Crippen LogP) is 2.69. The van der Waals surface area contributed by atoms with Gasteiger partial charge in [0, 0.05) is 19.0 Å². The minimum atomic E-state index is -0.299. The van der Waals surface area contributed by atoms with E-state index in [4.69, 9.17) is 8.94 Å². The highest BCUT2D eigenvalue weighted by atomic mass is 16.5. The quantitative estimate of drug-likeness (QED) is 0.711. The van der Waals surface area contributed by atoms with Crippen LogP contribution in [0.4, 0.5) is 0 Å². The molecule has 1 atom stereocenters. The van der Waals surface area contributed by atoms with E-state index < -0.39 is 0 Å². The molecular formula is C18H20N4O3. The summed E-state index contributed by atoms with van der Waals surface area (Å²) in [6, 6.07) is 7.73. The van der Waals surface area contributed by atoms with Gasteiger partial charge in [0.25, 0.3) is 0 Å². The molecule has 1 aliphatic carbocycles. The molecule has 0 unspecified atom stereocenters. The van der Waals surface area contributed by atoms with Gasteiger partial charge in [0.2, 0.25) is 5.89 Å². The Labute approximate surface area is 144 Å². The van der Waals surface area contributed by atoms with Crippen LogP contribution in [0.5, 0.6) is 0 Å². The molecule has 7 nitrogen and oxygen atoms in total. The van der Waals surface area contributed by atoms with Crippen LogP contribution in [-0.2, 0) is 6.54 Å². The average Bonchev–Trinajstić information content (AvgIpc) is 3.05. The van der Waals surface area contributed by atoms with Gasteiger partial charge in [-0.3, -0.25) is 9.47 Å². The highest BCUT2D eigenvalue weighted by molar-refractivity contribution is 5.72. The van der Waals surface area contributed by atoms with Crippen molar-refractivity contribution in [2.45, 2.75) is 44.2 Å². The van der Waals surface area contributed by atoms with Crippen molar-refractivity contribution in [1.82, 2.24) is 19.6 Å². The summed E-state index contributed by atoms with van der Waals surface area (Å²) in [5.74, 6) is 1.77. The van der Waals surface area contributed by atoms with Crippen LogP contribution < -0.4 is 5.76 Å². The summed E-state index contributed by atoms with van der Waals surface area (Å²) in [7, 11) is 0. The third kappa shape index (κ3) is 2.68. The van der Waals surface area contributed by atoms with E-state index in [1.54, 1.807) is 4.57 Å². The maximum atomic E-state index is 12.1. The van der Waals surface area contributed by atoms with Crippen molar-refractivity contribution in [1.29, 1.82) is 0 Å². The average molecular weight is 340 g/mol. The molecule has 7 heteroatoms. The van der Waals surface area contributed by atoms with Crippen LogP contribution in [0.15, 0.2) is 38.0 Å². The van der Waals surface area contributed by atoms with Gasteiger partial charge in [0.1, 0.15) is 0 Å². The molecular weight excluding hydrogens is 320 g/mol. The first kappa shape index (κ1) is 14.9. The predicted molar refractivity (Wildman–Crippen MR) is 90.3 cm³/mol. The van der Waals surface area contributed by atoms with Crippen LogP contribution in [0.2, 0.25) is 0 Å². The first-order valence-corrected chi connectivity index (χ1v) is 8.95. The molecule has 3 heterocycles. The highest BCUT2D eigenvalue weighted by Gasteiger charge is 2.34. The molecule has 1 saturated heterocycles. The first-order chi connectivity index (χ1) is 12.3. The number of hydrogen-bond donors (Lipinski definition) is 0. The molecule has 0 spiro atoms. The van der Waals surface area contributed by atoms with E-state index in [9.17, 15) is 4.79 Å². The highest BCUT2D eigenvalue weighted by Crippen LogP contribution is 2.40. The van der Waals surface area contributed by atoms with Gasteiger partial charge in [-0.1, -0.05) is 17.3 Å². The van der Waals surface area contributed by atoms with Gasteiger partial charge in [-0.2, -0.15) is 4.98 Å². The molecule has 1 saturated carbocycles. The van der Waals surface area contributed by atoms with E-state index in [2.05, 4.69) is 15.0 Å². The molecule has 0 bridgehead atoms. The van der Waals surface area contributed by atoms with Gasteiger partial charge in [-0.05, 0) is 44.4 Å². The van der Waals surface area contributed by atoms with E-state index in [1.165, 1.54) is 0 Å². The molecule has 0 N–H and O–H groups in total. The number of likely N-dealkylation sites (tertiary alicyclic amines) is 1. The fourth-order valence-corrected chi connectivity index (χ4v) is 3.72. The van der Waals surface area contributed by atoms with E-state index in [1.807, 2.05) is 24.3 Å². The van der Waals surface area contributed by atoms with Crippen molar-refractivity contribution in [3.8, 4) is 0 Å². The molecule has 0 amide bonds. The van der Waals surface area contributed by atoms with Crippen molar-refractivity contribution >= 4 is 11.1 Å². The monoisotopic (exact) mass is 340 g/mol. The summed E-state index contributed by atoms with van der Waals surface area (Å²) < 4.78 is 12.4. The Morgan fingerprint density at radius 3 is 2.92 bits per heavy atom. The normalized spacial score (nSPS) is 21.4. The van der Waals surface area contributed by atoms with Gasteiger partial charge < -0.3 is 8.94 Å². The number of rotatable bonds is 5. The number of hydrogen-bond acceptors (Lipinski definition) is 6. The van der Waals surface area contributed by atoms with Crippen LogP contribution in [0.3, 0.4) is 0 Å². The zero-order valence-electron chi connectivity index (χ0n) is 13.9. The molecule has 5 rings (SSSR count). The summed E-state index contributed by atoms with van der Waals surface area (Å²) in [4.78, 5) is 19.1. The van der Waals surface area contributed by atoms with Crippen molar-refractivity contribution in [2.75, 3.05) is 13.1 Å². The summed E-state index contributed by atoms with van der Waals surface area (Å²) in [6.45, 7) is 2.35. The van der Waals surface area contributed by atoms with Crippen LogP contribution in [0.25, 0.3) is 11.1 Å². The molecule has 130 valence electrons. The maximum Gasteiger partial charge on any atom is 0.419 e. The Morgan fingerprint density at radius 1 is 1.16 bits per heavy atom. The van der Waals surface area contributed by atoms with Crippen molar-refractivity contribution in [3.63, 3.8) is 0 Å². The Kier molecular flexibility index (Phi) is 3.48. The first-order valence-electron chi connectivity index (χ1n) is 8.95. The van der Waals surface area contributed by atoms with Crippen LogP contribution in [0, 0.1) is 0 Å². The van der Waals surface area contributed by atoms with Crippen LogP contribution >= 0.6 is 0 Å². The number of oxazole rings is 1. The van der Waals surface area contributed by atoms with E-state index in [0.717, 1.165) is 56.0 Å². The summed E-state index contributed by atoms with van der Waals surface area (Å²) in [5, 5.41) is 4.21. The fraction of sp³-hybridized carbons (Fsp3) is 0.500. The summed E-state index contributed by atoms with van der Waals surface area (Å²) in [6.07, 6.45) is 4.46. The van der Waals surface area contributed by atoms with E-state index in [-0.39, 0.29) is 11.8 Å². The smallest absolute Gasteiger partial charge is 0.408 e. The number of aromatic nitrogens is 3. The van der Waals surface area contributed by atoms with E-state index >= 15 is 0 Å². The van der Waals surface area contributed by atoms with E-state index in [0.29, 0.717) is 18.0 Å². The Morgan fingerprint density at radius 2 is 2.04 bits per heavy atom. The topological polar surface area (TPSA) is 77.3 Å². The third-order valence-corrected chi connectivity index (χ3v) is 5.23. The molecule has 1 aliphatic heterocycles. The van der Waals surface area contributed by atoms with Gasteiger partial charge in [0.15, 0.2) is 11.4 Å². The van der Waals surface area contributed by atoms with Gasteiger partial charge in [0.05, 0.1) is 11.6 Å². The number of para-hydroxylation sites is 2. The molecule has 0 radical (unpaired) electrons. The minimum absolute atomic E-state index is 0.185. The second kappa shape index (κ2) is 5.84. The second-order valence-corrected chi connectivity index (χ2v) is 6.95. The summed E-state index contributed by atoms with van der Waals surface area (Å²) >= 11 is 0. The molecule has 2 aliphatic rings. The molecule has 25 heavy (non-hydrogen) atoms. The van der Waals surface area contributed by atoms with Crippen LogP contribution in [0.1, 0.15) is 49.4 Å². The van der Waals surface area contributed by atoms with Crippen molar-refractivity contribution < 1.29 is 8.94 Å². The third-order valence-electron chi connectivity index (χ3n) is 5.23. The zero-order valence-corrected chi connectivity index (χ0v) is 13.9. The van der Waals surface area contributed by atoms with Crippen LogP contribution in [-0.4, -0.2) is 32.7 Å². The summed E-state index contributed by atoms with van der Waals surface area (Å²) in [5.41, 5.74) is 1.48. The van der Waals surface area contributed by atoms with Gasteiger partial charge in [-0.25, -0.2) is 4.79 Å². The number of benzene rings is 1. The number of nitrogens with zero attached hydrogens (tertiary/aromatic N) is 4. The Hall–Kier alpha value is -2.41. The van der Waals surface area contributed by atoms with Gasteiger partial charge in [-0.15, -0.1) is 0 Å². The Balaban J connectivity index is 1.34. The lowest BCUT2D eigenvalue weighted by molar-refractivity contribution is 0.232. The molecule has 2 aromatic heterocycles. The molecule has 2 fully saturated rings. The molecule has 1 aromatic carbocycles. The Bertz CT molecular complexity index is 953. The minimum Gasteiger partial charge on any atom is -0.408 e. The molecule has 3 aromatic rings. The van der Waals surface area contributed by atoms with Crippen molar-refractivity contribution in [2.24, 2.45) is 0 Å².